The number of amides is 2. The molecule has 3 aliphatic carbocycles. The molecule has 4 atom stereocenters. The van der Waals surface area contributed by atoms with Gasteiger partial charge in [-0.2, -0.15) is 10.1 Å². The lowest BCUT2D eigenvalue weighted by molar-refractivity contribution is -0.384. The number of ether oxygens (including phenoxy) is 1. The smallest absolute Gasteiger partial charge is 0.270 e. The van der Waals surface area contributed by atoms with Gasteiger partial charge in [-0.05, 0) is 30.7 Å². The molecule has 5 aliphatic rings. The zero-order valence-electron chi connectivity index (χ0n) is 16.3. The van der Waals surface area contributed by atoms with E-state index in [1.54, 1.807) is 6.07 Å². The Morgan fingerprint density at radius 1 is 1.07 bits per heavy atom. The number of nitrogens with zero attached hydrogens (tertiary/aromatic N) is 4. The molecule has 2 heterocycles. The van der Waals surface area contributed by atoms with Crippen molar-refractivity contribution < 1.29 is 19.2 Å². The van der Waals surface area contributed by atoms with Crippen LogP contribution in [-0.4, -0.2) is 54.3 Å². The normalized spacial score (nSPS) is 30.4. The van der Waals surface area contributed by atoms with Crippen molar-refractivity contribution in [3.8, 4) is 0 Å². The maximum absolute atomic E-state index is 12.9. The fraction of sp³-hybridized carbons (Fsp3) is 0.476. The lowest BCUT2D eigenvalue weighted by atomic mass is 9.63. The van der Waals surface area contributed by atoms with Gasteiger partial charge in [-0.1, -0.05) is 12.2 Å². The Morgan fingerprint density at radius 3 is 2.27 bits per heavy atom. The minimum absolute atomic E-state index is 0.0663. The van der Waals surface area contributed by atoms with Crippen molar-refractivity contribution in [2.45, 2.75) is 12.8 Å². The van der Waals surface area contributed by atoms with E-state index >= 15 is 0 Å². The molecule has 3 fully saturated rings. The fourth-order valence-electron chi connectivity index (χ4n) is 5.14. The first-order chi connectivity index (χ1) is 14.5. The Hall–Kier alpha value is -3.07. The van der Waals surface area contributed by atoms with Crippen LogP contribution in [-0.2, 0) is 14.3 Å². The molecule has 9 heteroatoms. The molecule has 0 aromatic heterocycles. The number of allylic oxidation sites excluding steroid dienone is 2. The molecule has 30 heavy (non-hydrogen) atoms. The highest BCUT2D eigenvalue weighted by Gasteiger charge is 2.56. The second-order valence-corrected chi connectivity index (χ2v) is 8.17. The molecule has 2 bridgehead atoms. The van der Waals surface area contributed by atoms with Crippen LogP contribution in [0, 0.1) is 33.8 Å². The molecule has 1 saturated carbocycles. The van der Waals surface area contributed by atoms with Crippen LogP contribution in [0.25, 0.3) is 0 Å². The van der Waals surface area contributed by atoms with E-state index in [2.05, 4.69) is 22.2 Å². The van der Waals surface area contributed by atoms with Crippen molar-refractivity contribution in [1.82, 2.24) is 5.01 Å². The third kappa shape index (κ3) is 3.00. The quantitative estimate of drug-likeness (QED) is 0.247. The maximum atomic E-state index is 12.9. The highest BCUT2D eigenvalue weighted by atomic mass is 16.6. The zero-order chi connectivity index (χ0) is 20.8. The lowest BCUT2D eigenvalue weighted by Crippen LogP contribution is -2.38. The summed E-state index contributed by atoms with van der Waals surface area (Å²) in [5.74, 6) is -1.00. The number of fused-ring (bicyclic) bond motifs is 1. The number of hydrazone groups is 1. The van der Waals surface area contributed by atoms with Crippen molar-refractivity contribution in [3.05, 3.63) is 46.0 Å². The Morgan fingerprint density at radius 2 is 1.70 bits per heavy atom. The number of non-ortho nitro benzene ring substituents is 1. The van der Waals surface area contributed by atoms with Gasteiger partial charge in [-0.3, -0.25) is 19.7 Å². The van der Waals surface area contributed by atoms with Crippen LogP contribution in [0.2, 0.25) is 0 Å². The van der Waals surface area contributed by atoms with Gasteiger partial charge in [0.2, 0.25) is 0 Å². The lowest BCUT2D eigenvalue weighted by Gasteiger charge is -2.37. The predicted molar refractivity (Wildman–Crippen MR) is 108 cm³/mol. The standard InChI is InChI=1S/C21H22N4O5/c26-20-18-13-1-2-14(4-3-13)19(18)21(27)24(20)22-12-15-11-16(25(28)29)5-6-17(15)23-7-9-30-10-8-23/h1-2,5-6,11-14,18-19H,3-4,7-10H2/b22-12-/t13-,14-,18+,19+/m0/s1. The number of anilines is 1. The van der Waals surface area contributed by atoms with E-state index in [4.69, 9.17) is 4.74 Å². The Bertz CT molecular complexity index is 936. The minimum Gasteiger partial charge on any atom is -0.378 e. The molecule has 2 saturated heterocycles. The molecule has 0 unspecified atom stereocenters. The number of nitro groups is 1. The van der Waals surface area contributed by atoms with E-state index < -0.39 is 4.92 Å². The molecule has 0 N–H and O–H groups in total. The van der Waals surface area contributed by atoms with Crippen LogP contribution in [0.4, 0.5) is 11.4 Å². The summed E-state index contributed by atoms with van der Waals surface area (Å²) in [6.07, 6.45) is 7.37. The van der Waals surface area contributed by atoms with Crippen LogP contribution in [0.1, 0.15) is 18.4 Å². The number of benzene rings is 1. The highest BCUT2D eigenvalue weighted by Crippen LogP contribution is 2.49. The maximum Gasteiger partial charge on any atom is 0.270 e. The third-order valence-electron chi connectivity index (χ3n) is 6.62. The van der Waals surface area contributed by atoms with Crippen LogP contribution in [0.15, 0.2) is 35.5 Å². The van der Waals surface area contributed by atoms with E-state index in [0.717, 1.165) is 23.5 Å². The largest absolute Gasteiger partial charge is 0.378 e. The SMILES string of the molecule is O=C1[C@H]2[C@H](C(=O)N1/N=C\c1cc([N+](=O)[O-])ccc1N1CCOCC1)[C@H]1C=C[C@H]2CC1. The Labute approximate surface area is 173 Å². The predicted octanol–water partition coefficient (Wildman–Crippen LogP) is 1.96. The first kappa shape index (κ1) is 18.9. The number of carbonyl (C=O) groups is 2. The molecular weight excluding hydrogens is 388 g/mol. The average Bonchev–Trinajstić information content (AvgIpc) is 3.05. The van der Waals surface area contributed by atoms with Gasteiger partial charge < -0.3 is 9.64 Å². The second kappa shape index (κ2) is 7.32. The van der Waals surface area contributed by atoms with Gasteiger partial charge in [-0.25, -0.2) is 0 Å². The molecule has 156 valence electrons. The number of imide groups is 1. The van der Waals surface area contributed by atoms with Gasteiger partial charge in [0.05, 0.1) is 36.2 Å². The van der Waals surface area contributed by atoms with Crippen LogP contribution >= 0.6 is 0 Å². The van der Waals surface area contributed by atoms with Crippen molar-refractivity contribution in [2.75, 3.05) is 31.2 Å². The van der Waals surface area contributed by atoms with Crippen molar-refractivity contribution in [2.24, 2.45) is 28.8 Å². The number of carbonyl (C=O) groups excluding carboxylic acids is 2. The summed E-state index contributed by atoms with van der Waals surface area (Å²) in [5.41, 5.74) is 1.21. The van der Waals surface area contributed by atoms with Gasteiger partial charge in [0.1, 0.15) is 0 Å². The molecule has 2 aliphatic heterocycles. The number of morpholine rings is 1. The van der Waals surface area contributed by atoms with E-state index in [1.165, 1.54) is 18.3 Å². The van der Waals surface area contributed by atoms with Crippen LogP contribution in [0.3, 0.4) is 0 Å². The minimum atomic E-state index is -0.468. The first-order valence-corrected chi connectivity index (χ1v) is 10.3. The molecule has 0 spiro atoms. The number of rotatable bonds is 4. The van der Waals surface area contributed by atoms with Gasteiger partial charge in [0.25, 0.3) is 17.5 Å². The Kier molecular flexibility index (Phi) is 4.62. The summed E-state index contributed by atoms with van der Waals surface area (Å²) in [5, 5.41) is 16.5. The van der Waals surface area contributed by atoms with Gasteiger partial charge in [0.15, 0.2) is 0 Å². The molecule has 1 aromatic carbocycles. The molecule has 2 amide bonds. The van der Waals surface area contributed by atoms with Gasteiger partial charge in [-0.15, -0.1) is 0 Å². The van der Waals surface area contributed by atoms with E-state index in [1.807, 2.05) is 0 Å². The van der Waals surface area contributed by atoms with Crippen molar-refractivity contribution >= 4 is 29.4 Å². The summed E-state index contributed by atoms with van der Waals surface area (Å²) in [6.45, 7) is 2.43. The summed E-state index contributed by atoms with van der Waals surface area (Å²) in [6, 6.07) is 4.56. The molecule has 0 radical (unpaired) electrons. The molecular formula is C21H22N4O5. The zero-order valence-corrected chi connectivity index (χ0v) is 16.3. The Balaban J connectivity index is 1.46. The fourth-order valence-corrected chi connectivity index (χ4v) is 5.14. The molecule has 1 aromatic rings. The molecule has 6 rings (SSSR count). The monoisotopic (exact) mass is 410 g/mol. The summed E-state index contributed by atoms with van der Waals surface area (Å²) < 4.78 is 5.39. The third-order valence-corrected chi connectivity index (χ3v) is 6.62. The second-order valence-electron chi connectivity index (χ2n) is 8.17. The number of hydrogen-bond acceptors (Lipinski definition) is 7. The average molecular weight is 410 g/mol. The van der Waals surface area contributed by atoms with E-state index in [-0.39, 0.29) is 41.2 Å². The summed E-state index contributed by atoms with van der Waals surface area (Å²) in [4.78, 5) is 38.7. The highest BCUT2D eigenvalue weighted by molar-refractivity contribution is 6.06. The summed E-state index contributed by atoms with van der Waals surface area (Å²) in [7, 11) is 0. The van der Waals surface area contributed by atoms with Crippen LogP contribution in [0.5, 0.6) is 0 Å². The van der Waals surface area contributed by atoms with Gasteiger partial charge >= 0.3 is 0 Å². The topological polar surface area (TPSA) is 105 Å². The molecule has 9 nitrogen and oxygen atoms in total. The van der Waals surface area contributed by atoms with Gasteiger partial charge in [0, 0.05) is 36.5 Å². The van der Waals surface area contributed by atoms with E-state index in [9.17, 15) is 19.7 Å². The van der Waals surface area contributed by atoms with Crippen molar-refractivity contribution in [3.63, 3.8) is 0 Å². The van der Waals surface area contributed by atoms with Crippen molar-refractivity contribution in [1.29, 1.82) is 0 Å². The number of nitro benzene ring substituents is 1. The van der Waals surface area contributed by atoms with Crippen LogP contribution < -0.4 is 4.90 Å². The summed E-state index contributed by atoms with van der Waals surface area (Å²) >= 11 is 0. The van der Waals surface area contributed by atoms with E-state index in [0.29, 0.717) is 31.9 Å². The number of hydrogen-bond donors (Lipinski definition) is 0. The first-order valence-electron chi connectivity index (χ1n) is 10.3.